The maximum absolute atomic E-state index is 14.5. The van der Waals surface area contributed by atoms with Gasteiger partial charge in [0.25, 0.3) is 17.6 Å². The van der Waals surface area contributed by atoms with E-state index in [0.717, 1.165) is 32.1 Å². The molecule has 1 spiro atoms. The largest absolute Gasteiger partial charge is 0.507 e. The minimum atomic E-state index is -3.74. The van der Waals surface area contributed by atoms with Crippen LogP contribution < -0.4 is 4.90 Å². The van der Waals surface area contributed by atoms with E-state index in [1.54, 1.807) is 29.2 Å². The first-order valence-corrected chi connectivity index (χ1v) is 16.5. The lowest BCUT2D eigenvalue weighted by molar-refractivity contribution is -0.143. The summed E-state index contributed by atoms with van der Waals surface area (Å²) in [6.07, 6.45) is 5.48. The molecular formula is C32H39N3O7S. The van der Waals surface area contributed by atoms with Crippen molar-refractivity contribution in [1.29, 1.82) is 0 Å². The van der Waals surface area contributed by atoms with E-state index in [4.69, 9.17) is 4.74 Å². The molecule has 230 valence electrons. The van der Waals surface area contributed by atoms with Gasteiger partial charge in [-0.05, 0) is 56.0 Å². The van der Waals surface area contributed by atoms with Crippen LogP contribution in [0.1, 0.15) is 63.0 Å². The topological polar surface area (TPSA) is 125 Å². The smallest absolute Gasteiger partial charge is 0.296 e. The van der Waals surface area contributed by atoms with Crippen molar-refractivity contribution in [3.05, 3.63) is 65.2 Å². The molecule has 1 atom stereocenters. The number of rotatable bonds is 10. The van der Waals surface area contributed by atoms with E-state index in [9.17, 15) is 27.9 Å². The van der Waals surface area contributed by atoms with Gasteiger partial charge in [-0.15, -0.1) is 0 Å². The Morgan fingerprint density at radius 3 is 2.26 bits per heavy atom. The van der Waals surface area contributed by atoms with Crippen LogP contribution in [0, 0.1) is 0 Å². The first-order chi connectivity index (χ1) is 20.7. The zero-order valence-electron chi connectivity index (χ0n) is 24.8. The van der Waals surface area contributed by atoms with Crippen molar-refractivity contribution in [2.45, 2.75) is 62.3 Å². The predicted octanol–water partition coefficient (Wildman–Crippen LogP) is 4.01. The molecular weight excluding hydrogens is 570 g/mol. The number of ketones is 1. The van der Waals surface area contributed by atoms with Gasteiger partial charge >= 0.3 is 0 Å². The molecule has 0 radical (unpaired) electrons. The highest BCUT2D eigenvalue weighted by Gasteiger charge is 2.66. The second-order valence-corrected chi connectivity index (χ2v) is 13.2. The molecule has 11 heteroatoms. The standard InChI is InChI=1S/C32H39N3O7S/c1-3-4-20-34-26-13-8-7-12-25(26)32(31(34)39)27(29(37)30(38)35(32)21-11-22-42-2)28(36)23-14-16-24(17-15-23)43(40,41)33-18-9-5-6-10-19-33/h7-8,12-17,36H,3-6,9-11,18-22H2,1-2H3/b28-27+. The number of aliphatic hydroxyl groups is 1. The molecule has 2 aromatic rings. The summed E-state index contributed by atoms with van der Waals surface area (Å²) in [5.74, 6) is -2.83. The zero-order valence-corrected chi connectivity index (χ0v) is 25.6. The van der Waals surface area contributed by atoms with Crippen molar-refractivity contribution in [1.82, 2.24) is 9.21 Å². The molecule has 3 heterocycles. The fourth-order valence-corrected chi connectivity index (χ4v) is 7.95. The number of hydrogen-bond acceptors (Lipinski definition) is 7. The zero-order chi connectivity index (χ0) is 30.8. The SMILES string of the molecule is CCCCN1C(=O)C2(/C(=C(/O)c3ccc(S(=O)(=O)N4CCCCCC4)cc3)C(=O)C(=O)N2CCCOC)c2ccccc21. The lowest BCUT2D eigenvalue weighted by atomic mass is 9.82. The highest BCUT2D eigenvalue weighted by molar-refractivity contribution is 7.89. The Balaban J connectivity index is 1.64. The number of nitrogens with zero attached hydrogens (tertiary/aromatic N) is 3. The maximum atomic E-state index is 14.5. The minimum absolute atomic E-state index is 0.0594. The Morgan fingerprint density at radius 1 is 0.930 bits per heavy atom. The van der Waals surface area contributed by atoms with E-state index in [2.05, 4.69) is 0 Å². The molecule has 43 heavy (non-hydrogen) atoms. The summed E-state index contributed by atoms with van der Waals surface area (Å²) in [6.45, 7) is 3.67. The number of methoxy groups -OCH3 is 1. The fraction of sp³-hybridized carbons (Fsp3) is 0.469. The number of carbonyl (C=O) groups is 3. The highest BCUT2D eigenvalue weighted by Crippen LogP contribution is 2.53. The van der Waals surface area contributed by atoms with Crippen LogP contribution >= 0.6 is 0 Å². The summed E-state index contributed by atoms with van der Waals surface area (Å²) in [5.41, 5.74) is -0.984. The number of amides is 2. The average Bonchev–Trinajstić information content (AvgIpc) is 3.22. The molecule has 3 aliphatic heterocycles. The van der Waals surface area contributed by atoms with Gasteiger partial charge in [0.2, 0.25) is 10.0 Å². The minimum Gasteiger partial charge on any atom is -0.507 e. The molecule has 2 amide bonds. The van der Waals surface area contributed by atoms with E-state index in [0.29, 0.717) is 50.3 Å². The third-order valence-corrected chi connectivity index (χ3v) is 10.5. The van der Waals surface area contributed by atoms with Crippen molar-refractivity contribution in [3.63, 3.8) is 0 Å². The molecule has 2 fully saturated rings. The second-order valence-electron chi connectivity index (χ2n) is 11.2. The van der Waals surface area contributed by atoms with Crippen LogP contribution in [0.2, 0.25) is 0 Å². The summed E-state index contributed by atoms with van der Waals surface area (Å²) in [6, 6.07) is 12.7. The molecule has 2 saturated heterocycles. The van der Waals surface area contributed by atoms with Crippen molar-refractivity contribution < 1.29 is 32.6 Å². The van der Waals surface area contributed by atoms with Gasteiger partial charge in [-0.2, -0.15) is 4.31 Å². The Labute approximate surface area is 253 Å². The van der Waals surface area contributed by atoms with E-state index in [-0.39, 0.29) is 22.6 Å². The molecule has 3 aliphatic rings. The van der Waals surface area contributed by atoms with Crippen molar-refractivity contribution in [3.8, 4) is 0 Å². The van der Waals surface area contributed by atoms with Crippen LogP contribution in [-0.4, -0.2) is 80.2 Å². The van der Waals surface area contributed by atoms with E-state index < -0.39 is 38.9 Å². The quantitative estimate of drug-likeness (QED) is 0.187. The molecule has 0 aliphatic carbocycles. The molecule has 2 aromatic carbocycles. The molecule has 0 bridgehead atoms. The number of hydrogen-bond donors (Lipinski definition) is 1. The first kappa shape index (κ1) is 30.9. The highest BCUT2D eigenvalue weighted by atomic mass is 32.2. The summed E-state index contributed by atoms with van der Waals surface area (Å²) in [4.78, 5) is 44.8. The molecule has 10 nitrogen and oxygen atoms in total. The molecule has 5 rings (SSSR count). The number of aliphatic hydroxyl groups excluding tert-OH is 1. The van der Waals surface area contributed by atoms with Gasteiger partial charge in [0.05, 0.1) is 16.2 Å². The lowest BCUT2D eigenvalue weighted by Gasteiger charge is -2.34. The van der Waals surface area contributed by atoms with Gasteiger partial charge in [0, 0.05) is 51.0 Å². The monoisotopic (exact) mass is 609 g/mol. The van der Waals surface area contributed by atoms with Crippen LogP contribution in [0.25, 0.3) is 5.76 Å². The number of sulfonamides is 1. The number of para-hydroxylation sites is 1. The summed E-state index contributed by atoms with van der Waals surface area (Å²) < 4.78 is 33.3. The Bertz CT molecular complexity index is 1530. The number of benzene rings is 2. The van der Waals surface area contributed by atoms with Crippen LogP contribution in [0.15, 0.2) is 59.0 Å². The van der Waals surface area contributed by atoms with Crippen LogP contribution in [0.3, 0.4) is 0 Å². The van der Waals surface area contributed by atoms with Gasteiger partial charge in [0.15, 0.2) is 5.54 Å². The van der Waals surface area contributed by atoms with Gasteiger partial charge in [-0.1, -0.05) is 44.4 Å². The molecule has 1 unspecified atom stereocenters. The fourth-order valence-electron chi connectivity index (χ4n) is 6.43. The number of ether oxygens (including phenoxy) is 1. The first-order valence-electron chi connectivity index (χ1n) is 15.0. The number of unbranched alkanes of at least 4 members (excludes halogenated alkanes) is 1. The number of fused-ring (bicyclic) bond motifs is 2. The molecule has 1 N–H and O–H groups in total. The predicted molar refractivity (Wildman–Crippen MR) is 162 cm³/mol. The Kier molecular flexibility index (Phi) is 9.05. The molecule has 0 saturated carbocycles. The van der Waals surface area contributed by atoms with Crippen LogP contribution in [0.4, 0.5) is 5.69 Å². The van der Waals surface area contributed by atoms with E-state index in [1.165, 1.54) is 40.6 Å². The maximum Gasteiger partial charge on any atom is 0.296 e. The van der Waals surface area contributed by atoms with Crippen LogP contribution in [-0.2, 0) is 34.7 Å². The summed E-state index contributed by atoms with van der Waals surface area (Å²) in [7, 11) is -2.21. The third-order valence-electron chi connectivity index (χ3n) is 8.61. The third kappa shape index (κ3) is 5.17. The van der Waals surface area contributed by atoms with Gasteiger partial charge < -0.3 is 19.6 Å². The van der Waals surface area contributed by atoms with Gasteiger partial charge in [0.1, 0.15) is 5.76 Å². The van der Waals surface area contributed by atoms with Crippen molar-refractivity contribution in [2.75, 3.05) is 44.8 Å². The normalized spacial score (nSPS) is 22.4. The van der Waals surface area contributed by atoms with Gasteiger partial charge in [-0.3, -0.25) is 14.4 Å². The summed E-state index contributed by atoms with van der Waals surface area (Å²) >= 11 is 0. The average molecular weight is 610 g/mol. The lowest BCUT2D eigenvalue weighted by Crippen LogP contribution is -2.52. The summed E-state index contributed by atoms with van der Waals surface area (Å²) in [5, 5.41) is 11.7. The number of anilines is 1. The number of likely N-dealkylation sites (tertiary alicyclic amines) is 1. The Morgan fingerprint density at radius 2 is 1.60 bits per heavy atom. The Hall–Kier alpha value is -3.54. The van der Waals surface area contributed by atoms with Gasteiger partial charge in [-0.25, -0.2) is 8.42 Å². The number of Topliss-reactive ketones (excluding diaryl/α,β-unsaturated/α-hetero) is 1. The van der Waals surface area contributed by atoms with Crippen molar-refractivity contribution in [2.24, 2.45) is 0 Å². The van der Waals surface area contributed by atoms with Crippen molar-refractivity contribution >= 4 is 39.1 Å². The molecule has 0 aromatic heterocycles. The van der Waals surface area contributed by atoms with Crippen LogP contribution in [0.5, 0.6) is 0 Å². The number of carbonyl (C=O) groups excluding carboxylic acids is 3. The van der Waals surface area contributed by atoms with E-state index in [1.807, 2.05) is 6.92 Å². The second kappa shape index (κ2) is 12.6. The van der Waals surface area contributed by atoms with E-state index >= 15 is 0 Å².